The molecule has 2 N–H and O–H groups in total. The second-order valence-corrected chi connectivity index (χ2v) is 7.57. The molecule has 0 spiro atoms. The molecule has 0 bridgehead atoms. The molecular formula is C20H27FN6. The number of aliphatic imine (C=N–C) groups is 1. The summed E-state index contributed by atoms with van der Waals surface area (Å²) in [5.74, 6) is 2.41. The van der Waals surface area contributed by atoms with Gasteiger partial charge in [-0.25, -0.2) is 14.1 Å². The van der Waals surface area contributed by atoms with Crippen molar-refractivity contribution >= 4 is 5.96 Å². The minimum Gasteiger partial charge on any atom is -0.357 e. The zero-order valence-electron chi connectivity index (χ0n) is 16.0. The molecule has 0 saturated heterocycles. The Morgan fingerprint density at radius 3 is 3.00 bits per heavy atom. The molecular weight excluding hydrogens is 343 g/mol. The number of hydrogen-bond donors (Lipinski definition) is 2. The predicted molar refractivity (Wildman–Crippen MR) is 103 cm³/mol. The molecule has 1 aliphatic heterocycles. The van der Waals surface area contributed by atoms with E-state index in [0.717, 1.165) is 61.9 Å². The number of hydrogen-bond acceptors (Lipinski definition) is 3. The molecule has 0 radical (unpaired) electrons. The minimum absolute atomic E-state index is 0.0202. The average molecular weight is 370 g/mol. The van der Waals surface area contributed by atoms with E-state index in [4.69, 9.17) is 4.99 Å². The first-order chi connectivity index (χ1) is 13.1. The van der Waals surface area contributed by atoms with Gasteiger partial charge in [0.05, 0.1) is 12.6 Å². The van der Waals surface area contributed by atoms with Crippen LogP contribution >= 0.6 is 0 Å². The normalized spacial score (nSPS) is 20.9. The molecule has 2 heterocycles. The second-order valence-electron chi connectivity index (χ2n) is 7.57. The first-order valence-corrected chi connectivity index (χ1v) is 9.82. The van der Waals surface area contributed by atoms with E-state index in [9.17, 15) is 4.39 Å². The van der Waals surface area contributed by atoms with Crippen molar-refractivity contribution in [1.82, 2.24) is 25.4 Å². The SMILES string of the molecule is CCNC(=NCC1(c2cccc(F)c2)CC1)NC1CCCn2nc(C)nc21. The van der Waals surface area contributed by atoms with Gasteiger partial charge in [-0.2, -0.15) is 5.10 Å². The zero-order valence-corrected chi connectivity index (χ0v) is 16.0. The standard InChI is InChI=1S/C20H27FN6/c1-3-22-19(25-17-8-5-11-27-18(17)24-14(2)26-27)23-13-20(9-10-20)15-6-4-7-16(21)12-15/h4,6-7,12,17H,3,5,8-11,13H2,1-2H3,(H2,22,23,25). The van der Waals surface area contributed by atoms with Gasteiger partial charge in [0, 0.05) is 18.5 Å². The Hall–Kier alpha value is -2.44. The smallest absolute Gasteiger partial charge is 0.191 e. The lowest BCUT2D eigenvalue weighted by Crippen LogP contribution is -2.42. The van der Waals surface area contributed by atoms with E-state index in [1.807, 2.05) is 17.7 Å². The van der Waals surface area contributed by atoms with Gasteiger partial charge in [-0.05, 0) is 57.2 Å². The molecule has 7 heteroatoms. The third-order valence-electron chi connectivity index (χ3n) is 5.47. The van der Waals surface area contributed by atoms with Gasteiger partial charge >= 0.3 is 0 Å². The van der Waals surface area contributed by atoms with E-state index in [1.54, 1.807) is 12.1 Å². The highest BCUT2D eigenvalue weighted by Crippen LogP contribution is 2.48. The summed E-state index contributed by atoms with van der Waals surface area (Å²) in [4.78, 5) is 9.43. The summed E-state index contributed by atoms with van der Waals surface area (Å²) in [5, 5.41) is 11.3. The van der Waals surface area contributed by atoms with Crippen LogP contribution in [0.5, 0.6) is 0 Å². The fourth-order valence-electron chi connectivity index (χ4n) is 3.83. The molecule has 144 valence electrons. The zero-order chi connectivity index (χ0) is 18.9. The van der Waals surface area contributed by atoms with Gasteiger partial charge in [0.1, 0.15) is 17.5 Å². The van der Waals surface area contributed by atoms with Gasteiger partial charge in [0.25, 0.3) is 0 Å². The van der Waals surface area contributed by atoms with Gasteiger partial charge in [-0.3, -0.25) is 4.99 Å². The Morgan fingerprint density at radius 2 is 2.26 bits per heavy atom. The summed E-state index contributed by atoms with van der Waals surface area (Å²) in [6.07, 6.45) is 4.18. The van der Waals surface area contributed by atoms with Crippen LogP contribution in [0.25, 0.3) is 0 Å². The average Bonchev–Trinajstić information content (AvgIpc) is 3.34. The van der Waals surface area contributed by atoms with E-state index in [1.165, 1.54) is 6.07 Å². The fraction of sp³-hybridized carbons (Fsp3) is 0.550. The summed E-state index contributed by atoms with van der Waals surface area (Å²) in [6.45, 7) is 6.36. The van der Waals surface area contributed by atoms with Crippen LogP contribution in [0.15, 0.2) is 29.3 Å². The van der Waals surface area contributed by atoms with Crippen molar-refractivity contribution in [1.29, 1.82) is 0 Å². The van der Waals surface area contributed by atoms with Gasteiger partial charge in [0.15, 0.2) is 5.96 Å². The van der Waals surface area contributed by atoms with E-state index in [0.29, 0.717) is 6.54 Å². The molecule has 1 unspecified atom stereocenters. The Bertz CT molecular complexity index is 839. The first-order valence-electron chi connectivity index (χ1n) is 9.82. The summed E-state index contributed by atoms with van der Waals surface area (Å²) in [6, 6.07) is 7.06. The lowest BCUT2D eigenvalue weighted by Gasteiger charge is -2.25. The van der Waals surface area contributed by atoms with Gasteiger partial charge < -0.3 is 10.6 Å². The van der Waals surface area contributed by atoms with Crippen molar-refractivity contribution in [2.45, 2.75) is 57.5 Å². The Labute approximate surface area is 159 Å². The molecule has 2 aromatic rings. The van der Waals surface area contributed by atoms with Crippen LogP contribution in [0, 0.1) is 12.7 Å². The number of benzene rings is 1. The maximum Gasteiger partial charge on any atom is 0.191 e. The van der Waals surface area contributed by atoms with Crippen LogP contribution in [0.4, 0.5) is 4.39 Å². The van der Waals surface area contributed by atoms with Crippen molar-refractivity contribution in [3.8, 4) is 0 Å². The quantitative estimate of drug-likeness (QED) is 0.627. The second kappa shape index (κ2) is 7.29. The summed E-state index contributed by atoms with van der Waals surface area (Å²) >= 11 is 0. The summed E-state index contributed by atoms with van der Waals surface area (Å²) in [7, 11) is 0. The van der Waals surface area contributed by atoms with Gasteiger partial charge in [-0.1, -0.05) is 12.1 Å². The number of guanidine groups is 1. The van der Waals surface area contributed by atoms with Gasteiger partial charge in [0.2, 0.25) is 0 Å². The molecule has 1 atom stereocenters. The van der Waals surface area contributed by atoms with E-state index >= 15 is 0 Å². The summed E-state index contributed by atoms with van der Waals surface area (Å²) in [5.41, 5.74) is 1.03. The molecule has 1 aromatic carbocycles. The molecule has 2 aliphatic rings. The largest absolute Gasteiger partial charge is 0.357 e. The third kappa shape index (κ3) is 3.82. The monoisotopic (exact) mass is 370 g/mol. The maximum atomic E-state index is 13.6. The van der Waals surface area contributed by atoms with Gasteiger partial charge in [-0.15, -0.1) is 0 Å². The van der Waals surface area contributed by atoms with Crippen molar-refractivity contribution in [3.63, 3.8) is 0 Å². The molecule has 0 amide bonds. The lowest BCUT2D eigenvalue weighted by molar-refractivity contribution is 0.397. The number of nitrogens with one attached hydrogen (secondary N) is 2. The number of fused-ring (bicyclic) bond motifs is 1. The maximum absolute atomic E-state index is 13.6. The van der Waals surface area contributed by atoms with Crippen LogP contribution < -0.4 is 10.6 Å². The number of aromatic nitrogens is 3. The lowest BCUT2D eigenvalue weighted by atomic mass is 9.96. The molecule has 6 nitrogen and oxygen atoms in total. The molecule has 1 saturated carbocycles. The fourth-order valence-corrected chi connectivity index (χ4v) is 3.83. The van der Waals surface area contributed by atoms with Crippen molar-refractivity contribution in [3.05, 3.63) is 47.3 Å². The number of aryl methyl sites for hydroxylation is 2. The van der Waals surface area contributed by atoms with Crippen molar-refractivity contribution in [2.24, 2.45) is 4.99 Å². The van der Waals surface area contributed by atoms with Crippen molar-refractivity contribution < 1.29 is 4.39 Å². The first kappa shape index (κ1) is 17.9. The Morgan fingerprint density at radius 1 is 1.41 bits per heavy atom. The third-order valence-corrected chi connectivity index (χ3v) is 5.47. The number of rotatable bonds is 5. The van der Waals surface area contributed by atoms with E-state index < -0.39 is 0 Å². The Balaban J connectivity index is 1.50. The molecule has 4 rings (SSSR count). The molecule has 1 aromatic heterocycles. The summed E-state index contributed by atoms with van der Waals surface area (Å²) < 4.78 is 15.6. The van der Waals surface area contributed by atoms with E-state index in [-0.39, 0.29) is 17.3 Å². The minimum atomic E-state index is -0.176. The van der Waals surface area contributed by atoms with Crippen LogP contribution in [-0.4, -0.2) is 33.8 Å². The molecule has 1 aliphatic carbocycles. The Kier molecular flexibility index (Phi) is 4.85. The van der Waals surface area contributed by atoms with Crippen molar-refractivity contribution in [2.75, 3.05) is 13.1 Å². The number of halogens is 1. The van der Waals surface area contributed by atoms with Crippen LogP contribution in [0.1, 0.15) is 55.9 Å². The highest BCUT2D eigenvalue weighted by molar-refractivity contribution is 5.80. The predicted octanol–water partition coefficient (Wildman–Crippen LogP) is 2.85. The molecule has 1 fully saturated rings. The molecule has 27 heavy (non-hydrogen) atoms. The number of nitrogens with zero attached hydrogens (tertiary/aromatic N) is 4. The van der Waals surface area contributed by atoms with E-state index in [2.05, 4.69) is 27.6 Å². The van der Waals surface area contributed by atoms with Crippen LogP contribution in [0.2, 0.25) is 0 Å². The van der Waals surface area contributed by atoms with Crippen LogP contribution in [-0.2, 0) is 12.0 Å². The highest BCUT2D eigenvalue weighted by atomic mass is 19.1. The topological polar surface area (TPSA) is 67.1 Å². The highest BCUT2D eigenvalue weighted by Gasteiger charge is 2.44. The van der Waals surface area contributed by atoms with Crippen LogP contribution in [0.3, 0.4) is 0 Å².